The summed E-state index contributed by atoms with van der Waals surface area (Å²) in [6.45, 7) is 5.79. The highest BCUT2D eigenvalue weighted by atomic mass is 32.1. The van der Waals surface area contributed by atoms with Gasteiger partial charge in [-0.05, 0) is 42.5 Å². The van der Waals surface area contributed by atoms with Crippen LogP contribution in [0.25, 0.3) is 0 Å². The second-order valence-electron chi connectivity index (χ2n) is 6.28. The Bertz CT molecular complexity index is 714. The number of thiophene rings is 1. The number of ether oxygens (including phenoxy) is 1. The summed E-state index contributed by atoms with van der Waals surface area (Å²) in [5.41, 5.74) is 7.88. The highest BCUT2D eigenvalue weighted by Crippen LogP contribution is 2.32. The van der Waals surface area contributed by atoms with Crippen LogP contribution in [0.5, 0.6) is 5.75 Å². The molecule has 1 aromatic carbocycles. The van der Waals surface area contributed by atoms with Gasteiger partial charge in [-0.2, -0.15) is 0 Å². The van der Waals surface area contributed by atoms with Gasteiger partial charge in [0.2, 0.25) is 0 Å². The molecule has 2 unspecified atom stereocenters. The van der Waals surface area contributed by atoms with E-state index in [0.717, 1.165) is 37.4 Å². The number of aliphatic imine (C=N–C) groups is 1. The van der Waals surface area contributed by atoms with Crippen molar-refractivity contribution in [3.05, 3.63) is 46.2 Å². The molecule has 0 aliphatic carbocycles. The third-order valence-electron chi connectivity index (χ3n) is 4.23. The molecule has 3 rings (SSSR count). The van der Waals surface area contributed by atoms with Crippen LogP contribution >= 0.6 is 11.3 Å². The van der Waals surface area contributed by atoms with Gasteiger partial charge in [-0.1, -0.05) is 25.5 Å². The molecule has 0 spiro atoms. The molecule has 0 saturated carbocycles. The lowest BCUT2D eigenvalue weighted by atomic mass is 10.1. The first-order chi connectivity index (χ1) is 12.2. The third-order valence-corrected chi connectivity index (χ3v) is 5.10. The molecule has 0 amide bonds. The first kappa shape index (κ1) is 17.9. The van der Waals surface area contributed by atoms with E-state index in [1.165, 1.54) is 10.4 Å². The monoisotopic (exact) mass is 358 g/mol. The van der Waals surface area contributed by atoms with Crippen molar-refractivity contribution >= 4 is 22.9 Å². The van der Waals surface area contributed by atoms with Crippen LogP contribution in [0.1, 0.15) is 37.1 Å². The van der Waals surface area contributed by atoms with Gasteiger partial charge in [-0.25, -0.2) is 4.99 Å². The van der Waals surface area contributed by atoms with E-state index in [1.807, 2.05) is 19.1 Å². The molecule has 2 heterocycles. The maximum atomic E-state index is 5.89. The number of hydrogen-bond acceptors (Lipinski definition) is 6. The molecule has 5 nitrogen and oxygen atoms in total. The highest BCUT2D eigenvalue weighted by molar-refractivity contribution is 7.09. The van der Waals surface area contributed by atoms with Crippen LogP contribution in [0.15, 0.2) is 40.7 Å². The largest absolute Gasteiger partial charge is 0.481 e. The molecule has 134 valence electrons. The third kappa shape index (κ3) is 4.81. The molecule has 2 atom stereocenters. The minimum absolute atomic E-state index is 0.160. The predicted molar refractivity (Wildman–Crippen MR) is 105 cm³/mol. The number of fused-ring (bicyclic) bond motifs is 1. The smallest absolute Gasteiger partial charge is 0.153 e. The molecule has 0 fully saturated rings. The Hall–Kier alpha value is -1.89. The van der Waals surface area contributed by atoms with Gasteiger partial charge in [0.05, 0.1) is 6.17 Å². The molecular weight excluding hydrogens is 332 g/mol. The number of hydrogen-bond donors (Lipinski definition) is 3. The first-order valence-corrected chi connectivity index (χ1v) is 9.66. The van der Waals surface area contributed by atoms with Crippen LogP contribution in [0.4, 0.5) is 5.69 Å². The Morgan fingerprint density at radius 3 is 2.88 bits per heavy atom. The summed E-state index contributed by atoms with van der Waals surface area (Å²) in [6.07, 6.45) is 2.34. The molecule has 0 bridgehead atoms. The molecule has 1 aliphatic rings. The maximum absolute atomic E-state index is 5.89. The summed E-state index contributed by atoms with van der Waals surface area (Å²) < 4.78 is 5.76. The maximum Gasteiger partial charge on any atom is 0.153 e. The van der Waals surface area contributed by atoms with E-state index in [-0.39, 0.29) is 12.3 Å². The second kappa shape index (κ2) is 8.47. The zero-order valence-electron chi connectivity index (χ0n) is 14.8. The lowest BCUT2D eigenvalue weighted by molar-refractivity contribution is 0.281. The Labute approximate surface area is 153 Å². The highest BCUT2D eigenvalue weighted by Gasteiger charge is 2.18. The molecule has 1 aliphatic heterocycles. The van der Waals surface area contributed by atoms with Crippen molar-refractivity contribution in [2.75, 3.05) is 0 Å². The van der Waals surface area contributed by atoms with Gasteiger partial charge in [0.25, 0.3) is 0 Å². The molecule has 1 aromatic heterocycles. The van der Waals surface area contributed by atoms with E-state index in [1.54, 1.807) is 11.3 Å². The van der Waals surface area contributed by atoms with Gasteiger partial charge >= 0.3 is 0 Å². The minimum atomic E-state index is -0.160. The van der Waals surface area contributed by atoms with Crippen molar-refractivity contribution in [1.82, 2.24) is 10.6 Å². The quantitative estimate of drug-likeness (QED) is 0.631. The SMILES string of the molecule is CCCC(NCc1ccc2c(c1)N=C(N)C(C)O2)NCc1cccs1. The predicted octanol–water partition coefficient (Wildman–Crippen LogP) is 3.52. The van der Waals surface area contributed by atoms with E-state index in [9.17, 15) is 0 Å². The summed E-state index contributed by atoms with van der Waals surface area (Å²) in [5, 5.41) is 9.31. The average Bonchev–Trinajstić information content (AvgIpc) is 3.12. The Morgan fingerprint density at radius 2 is 2.12 bits per heavy atom. The fraction of sp³-hybridized carbons (Fsp3) is 0.421. The van der Waals surface area contributed by atoms with Crippen LogP contribution in [-0.2, 0) is 13.1 Å². The molecule has 0 saturated heterocycles. The number of amidine groups is 1. The summed E-state index contributed by atoms with van der Waals surface area (Å²) in [4.78, 5) is 5.80. The summed E-state index contributed by atoms with van der Waals surface area (Å²) in [6, 6.07) is 10.4. The fourth-order valence-electron chi connectivity index (χ4n) is 2.78. The average molecular weight is 359 g/mol. The van der Waals surface area contributed by atoms with Crippen molar-refractivity contribution in [3.63, 3.8) is 0 Å². The van der Waals surface area contributed by atoms with Crippen molar-refractivity contribution in [1.29, 1.82) is 0 Å². The molecule has 4 N–H and O–H groups in total. The van der Waals surface area contributed by atoms with E-state index in [0.29, 0.717) is 5.84 Å². The number of rotatable bonds is 8. The van der Waals surface area contributed by atoms with Crippen molar-refractivity contribution in [2.24, 2.45) is 10.7 Å². The molecule has 6 heteroatoms. The summed E-state index contributed by atoms with van der Waals surface area (Å²) in [5.74, 6) is 1.32. The topological polar surface area (TPSA) is 71.7 Å². The van der Waals surface area contributed by atoms with E-state index in [4.69, 9.17) is 10.5 Å². The van der Waals surface area contributed by atoms with Crippen molar-refractivity contribution in [2.45, 2.75) is 52.0 Å². The molecule has 0 radical (unpaired) electrons. The lowest BCUT2D eigenvalue weighted by Crippen LogP contribution is -2.41. The van der Waals surface area contributed by atoms with Crippen LogP contribution in [0, 0.1) is 0 Å². The van der Waals surface area contributed by atoms with Gasteiger partial charge in [0, 0.05) is 18.0 Å². The van der Waals surface area contributed by atoms with E-state index in [2.05, 4.69) is 46.1 Å². The van der Waals surface area contributed by atoms with Gasteiger partial charge < -0.3 is 10.5 Å². The Morgan fingerprint density at radius 1 is 1.28 bits per heavy atom. The van der Waals surface area contributed by atoms with Gasteiger partial charge in [-0.15, -0.1) is 11.3 Å². The van der Waals surface area contributed by atoms with Crippen LogP contribution in [-0.4, -0.2) is 18.1 Å². The number of nitrogens with one attached hydrogen (secondary N) is 2. The minimum Gasteiger partial charge on any atom is -0.481 e. The van der Waals surface area contributed by atoms with Crippen LogP contribution in [0.2, 0.25) is 0 Å². The summed E-state index contributed by atoms with van der Waals surface area (Å²) in [7, 11) is 0. The van der Waals surface area contributed by atoms with E-state index < -0.39 is 0 Å². The van der Waals surface area contributed by atoms with Crippen molar-refractivity contribution < 1.29 is 4.74 Å². The van der Waals surface area contributed by atoms with Gasteiger partial charge in [0.1, 0.15) is 17.3 Å². The number of nitrogens with zero attached hydrogens (tertiary/aromatic N) is 1. The van der Waals surface area contributed by atoms with E-state index >= 15 is 0 Å². The van der Waals surface area contributed by atoms with Gasteiger partial charge in [0.15, 0.2) is 6.10 Å². The van der Waals surface area contributed by atoms with Crippen LogP contribution in [0.3, 0.4) is 0 Å². The summed E-state index contributed by atoms with van der Waals surface area (Å²) >= 11 is 1.78. The Balaban J connectivity index is 1.59. The second-order valence-corrected chi connectivity index (χ2v) is 7.31. The number of benzene rings is 1. The standard InChI is InChI=1S/C19H26N4OS/c1-3-5-18(22-12-15-6-4-9-25-15)21-11-14-7-8-17-16(10-14)23-19(20)13(2)24-17/h4,6-10,13,18,21-22H,3,5,11-12H2,1-2H3,(H2,20,23). The number of nitrogens with two attached hydrogens (primary N) is 1. The zero-order valence-corrected chi connectivity index (χ0v) is 15.6. The van der Waals surface area contributed by atoms with Crippen molar-refractivity contribution in [3.8, 4) is 5.75 Å². The van der Waals surface area contributed by atoms with Crippen LogP contribution < -0.4 is 21.1 Å². The fourth-order valence-corrected chi connectivity index (χ4v) is 3.44. The Kier molecular flexibility index (Phi) is 6.07. The van der Waals surface area contributed by atoms with Gasteiger partial charge in [-0.3, -0.25) is 10.6 Å². The normalized spacial score (nSPS) is 17.5. The first-order valence-electron chi connectivity index (χ1n) is 8.78. The molecule has 2 aromatic rings. The molecular formula is C19H26N4OS. The zero-order chi connectivity index (χ0) is 17.6. The lowest BCUT2D eigenvalue weighted by Gasteiger charge is -2.22. The molecule has 25 heavy (non-hydrogen) atoms.